The fourth-order valence-corrected chi connectivity index (χ4v) is 3.14. The summed E-state index contributed by atoms with van der Waals surface area (Å²) >= 11 is 1.58. The molecule has 4 rings (SSSR count). The van der Waals surface area contributed by atoms with Crippen molar-refractivity contribution < 1.29 is 9.53 Å². The Bertz CT molecular complexity index is 1080. The number of ether oxygens (including phenoxy) is 1. The van der Waals surface area contributed by atoms with Crippen molar-refractivity contribution in [1.29, 1.82) is 0 Å². The molecule has 0 fully saturated rings. The highest BCUT2D eigenvalue weighted by Gasteiger charge is 2.08. The Balaban J connectivity index is 1.40. The second kappa shape index (κ2) is 7.97. The molecule has 2 aromatic carbocycles. The van der Waals surface area contributed by atoms with E-state index in [9.17, 15) is 4.79 Å². The zero-order chi connectivity index (χ0) is 19.3. The van der Waals surface area contributed by atoms with E-state index >= 15 is 0 Å². The van der Waals surface area contributed by atoms with Crippen molar-refractivity contribution in [1.82, 2.24) is 25.2 Å². The number of amides is 1. The van der Waals surface area contributed by atoms with Crippen molar-refractivity contribution in [3.8, 4) is 11.4 Å². The first-order valence-electron chi connectivity index (χ1n) is 8.46. The first-order chi connectivity index (χ1) is 13.7. The van der Waals surface area contributed by atoms with Crippen LogP contribution in [0.25, 0.3) is 5.69 Å². The predicted octanol–water partition coefficient (Wildman–Crippen LogP) is 3.26. The Morgan fingerprint density at radius 2 is 2.07 bits per heavy atom. The van der Waals surface area contributed by atoms with E-state index in [0.717, 1.165) is 16.4 Å². The van der Waals surface area contributed by atoms with Crippen LogP contribution in [0.3, 0.4) is 0 Å². The number of hydrogen-bond acceptors (Lipinski definition) is 7. The van der Waals surface area contributed by atoms with E-state index in [1.165, 1.54) is 11.0 Å². The molecule has 28 heavy (non-hydrogen) atoms. The summed E-state index contributed by atoms with van der Waals surface area (Å²) in [5, 5.41) is 16.9. The molecule has 1 amide bonds. The van der Waals surface area contributed by atoms with Crippen molar-refractivity contribution in [2.45, 2.75) is 13.5 Å². The molecule has 0 aliphatic heterocycles. The minimum atomic E-state index is -0.217. The molecule has 0 bridgehead atoms. The van der Waals surface area contributed by atoms with Crippen LogP contribution < -0.4 is 10.1 Å². The summed E-state index contributed by atoms with van der Waals surface area (Å²) < 4.78 is 7.28. The van der Waals surface area contributed by atoms with Gasteiger partial charge in [0.15, 0.2) is 0 Å². The van der Waals surface area contributed by atoms with Gasteiger partial charge in [-0.3, -0.25) is 4.79 Å². The highest BCUT2D eigenvalue weighted by atomic mass is 32.1. The van der Waals surface area contributed by atoms with E-state index in [4.69, 9.17) is 4.74 Å². The number of rotatable bonds is 6. The van der Waals surface area contributed by atoms with Crippen LogP contribution in [0, 0.1) is 6.92 Å². The van der Waals surface area contributed by atoms with Gasteiger partial charge >= 0.3 is 0 Å². The number of nitrogens with one attached hydrogen (secondary N) is 1. The van der Waals surface area contributed by atoms with Crippen LogP contribution in [0.15, 0.2) is 60.2 Å². The smallest absolute Gasteiger partial charge is 0.255 e. The van der Waals surface area contributed by atoms with Crippen LogP contribution in [0.5, 0.6) is 5.75 Å². The number of benzene rings is 2. The van der Waals surface area contributed by atoms with Crippen LogP contribution in [0.2, 0.25) is 0 Å². The summed E-state index contributed by atoms with van der Waals surface area (Å²) in [7, 11) is 0. The van der Waals surface area contributed by atoms with Crippen LogP contribution in [0.4, 0.5) is 5.69 Å². The average Bonchev–Trinajstić information content (AvgIpc) is 3.39. The molecule has 9 heteroatoms. The SMILES string of the molecule is Cc1nc(COc2cccc(C(=O)Nc3ccc(-n4cnnn4)cc3)c2)cs1. The molecule has 0 atom stereocenters. The Labute approximate surface area is 164 Å². The van der Waals surface area contributed by atoms with Gasteiger partial charge in [0.05, 0.1) is 16.4 Å². The lowest BCUT2D eigenvalue weighted by Crippen LogP contribution is -2.12. The largest absolute Gasteiger partial charge is 0.487 e. The molecule has 0 saturated carbocycles. The van der Waals surface area contributed by atoms with E-state index in [1.807, 2.05) is 30.5 Å². The van der Waals surface area contributed by atoms with E-state index in [1.54, 1.807) is 41.7 Å². The second-order valence-electron chi connectivity index (χ2n) is 5.93. The van der Waals surface area contributed by atoms with Gasteiger partial charge in [-0.25, -0.2) is 9.67 Å². The van der Waals surface area contributed by atoms with Crippen molar-refractivity contribution in [2.75, 3.05) is 5.32 Å². The van der Waals surface area contributed by atoms with E-state index in [2.05, 4.69) is 25.8 Å². The van der Waals surface area contributed by atoms with Gasteiger partial charge < -0.3 is 10.1 Å². The van der Waals surface area contributed by atoms with Crippen molar-refractivity contribution in [2.24, 2.45) is 0 Å². The van der Waals surface area contributed by atoms with Gasteiger partial charge in [-0.15, -0.1) is 16.4 Å². The molecule has 0 spiro atoms. The topological polar surface area (TPSA) is 94.8 Å². The highest BCUT2D eigenvalue weighted by molar-refractivity contribution is 7.09. The number of aryl methyl sites for hydroxylation is 1. The summed E-state index contributed by atoms with van der Waals surface area (Å²) in [6.45, 7) is 2.32. The third-order valence-electron chi connectivity index (χ3n) is 3.89. The van der Waals surface area contributed by atoms with Gasteiger partial charge in [-0.2, -0.15) is 0 Å². The quantitative estimate of drug-likeness (QED) is 0.541. The summed E-state index contributed by atoms with van der Waals surface area (Å²) in [5.41, 5.74) is 2.86. The minimum absolute atomic E-state index is 0.217. The molecule has 4 aromatic rings. The van der Waals surface area contributed by atoms with Crippen LogP contribution >= 0.6 is 11.3 Å². The molecule has 1 N–H and O–H groups in total. The van der Waals surface area contributed by atoms with Crippen LogP contribution in [-0.4, -0.2) is 31.1 Å². The van der Waals surface area contributed by atoms with Crippen molar-refractivity contribution in [3.63, 3.8) is 0 Å². The minimum Gasteiger partial charge on any atom is -0.487 e. The number of tetrazole rings is 1. The van der Waals surface area contributed by atoms with Crippen LogP contribution in [0.1, 0.15) is 21.1 Å². The number of carbonyl (C=O) groups excluding carboxylic acids is 1. The molecular weight excluding hydrogens is 376 g/mol. The zero-order valence-corrected chi connectivity index (χ0v) is 15.8. The summed E-state index contributed by atoms with van der Waals surface area (Å²) in [4.78, 5) is 16.9. The van der Waals surface area contributed by atoms with Crippen molar-refractivity contribution in [3.05, 3.63) is 76.5 Å². The standard InChI is InChI=1S/C19H16N6O2S/c1-13-21-16(11-28-13)10-27-18-4-2-3-14(9-18)19(26)22-15-5-7-17(8-6-15)25-12-20-23-24-25/h2-9,11-12H,10H2,1H3,(H,22,26). The number of nitrogens with zero attached hydrogens (tertiary/aromatic N) is 5. The molecule has 0 saturated heterocycles. The fourth-order valence-electron chi connectivity index (χ4n) is 2.54. The fraction of sp³-hybridized carbons (Fsp3) is 0.105. The normalized spacial score (nSPS) is 10.6. The lowest BCUT2D eigenvalue weighted by Gasteiger charge is -2.09. The van der Waals surface area contributed by atoms with Gasteiger partial charge in [0.25, 0.3) is 5.91 Å². The maximum Gasteiger partial charge on any atom is 0.255 e. The molecular formula is C19H16N6O2S. The van der Waals surface area contributed by atoms with E-state index < -0.39 is 0 Å². The summed E-state index contributed by atoms with van der Waals surface area (Å²) in [5.74, 6) is 0.400. The Hall–Kier alpha value is -3.59. The van der Waals surface area contributed by atoms with Gasteiger partial charge in [-0.05, 0) is 59.8 Å². The maximum atomic E-state index is 12.5. The number of carbonyl (C=O) groups is 1. The first kappa shape index (κ1) is 17.8. The van der Waals surface area contributed by atoms with Gasteiger partial charge in [0.1, 0.15) is 18.7 Å². The summed E-state index contributed by atoms with van der Waals surface area (Å²) in [6, 6.07) is 14.3. The molecule has 140 valence electrons. The molecule has 2 heterocycles. The molecule has 0 aliphatic rings. The summed E-state index contributed by atoms with van der Waals surface area (Å²) in [6.07, 6.45) is 1.51. The predicted molar refractivity (Wildman–Crippen MR) is 105 cm³/mol. The highest BCUT2D eigenvalue weighted by Crippen LogP contribution is 2.18. The van der Waals surface area contributed by atoms with Crippen LogP contribution in [-0.2, 0) is 6.61 Å². The van der Waals surface area contributed by atoms with Gasteiger partial charge in [0.2, 0.25) is 0 Å². The lowest BCUT2D eigenvalue weighted by atomic mass is 10.2. The van der Waals surface area contributed by atoms with E-state index in [0.29, 0.717) is 23.6 Å². The average molecular weight is 392 g/mol. The Kier molecular flexibility index (Phi) is 5.07. The molecule has 0 radical (unpaired) electrons. The third-order valence-corrected chi connectivity index (χ3v) is 4.71. The molecule has 2 aromatic heterocycles. The van der Waals surface area contributed by atoms with E-state index in [-0.39, 0.29) is 5.91 Å². The van der Waals surface area contributed by atoms with Crippen molar-refractivity contribution >= 4 is 22.9 Å². The third kappa shape index (κ3) is 4.21. The Morgan fingerprint density at radius 3 is 2.79 bits per heavy atom. The molecule has 8 nitrogen and oxygen atoms in total. The number of aromatic nitrogens is 5. The number of hydrogen-bond donors (Lipinski definition) is 1. The Morgan fingerprint density at radius 1 is 1.21 bits per heavy atom. The number of thiazole rings is 1. The zero-order valence-electron chi connectivity index (χ0n) is 14.9. The molecule has 0 aliphatic carbocycles. The lowest BCUT2D eigenvalue weighted by molar-refractivity contribution is 0.102. The first-order valence-corrected chi connectivity index (χ1v) is 9.34. The maximum absolute atomic E-state index is 12.5. The monoisotopic (exact) mass is 392 g/mol. The molecule has 0 unspecified atom stereocenters. The number of anilines is 1. The van der Waals surface area contributed by atoms with Gasteiger partial charge in [0, 0.05) is 16.6 Å². The van der Waals surface area contributed by atoms with Gasteiger partial charge in [-0.1, -0.05) is 6.07 Å². The second-order valence-corrected chi connectivity index (χ2v) is 6.99.